The average Bonchev–Trinajstić information content (AvgIpc) is 2.97. The summed E-state index contributed by atoms with van der Waals surface area (Å²) in [7, 11) is 0. The van der Waals surface area contributed by atoms with Gasteiger partial charge in [0, 0.05) is 16.5 Å². The van der Waals surface area contributed by atoms with Gasteiger partial charge in [0.15, 0.2) is 6.29 Å². The normalized spacial score (nSPS) is 11.1. The van der Waals surface area contributed by atoms with Gasteiger partial charge >= 0.3 is 0 Å². The third-order valence-electron chi connectivity index (χ3n) is 3.35. The van der Waals surface area contributed by atoms with E-state index in [1.165, 1.54) is 11.3 Å². The molecule has 0 fully saturated rings. The summed E-state index contributed by atoms with van der Waals surface area (Å²) in [6.45, 7) is 4.06. The molecular weight excluding hydrogens is 278 g/mol. The number of fused-ring (bicyclic) bond motifs is 1. The molecule has 96 valence electrons. The third kappa shape index (κ3) is 1.90. The number of carbonyl (C=O) groups excluding carboxylic acids is 1. The molecule has 0 radical (unpaired) electrons. The van der Waals surface area contributed by atoms with Crippen molar-refractivity contribution in [1.29, 1.82) is 0 Å². The number of rotatable bonds is 2. The number of hydrogen-bond acceptors (Lipinski definition) is 2. The van der Waals surface area contributed by atoms with E-state index < -0.39 is 0 Å². The van der Waals surface area contributed by atoms with Crippen molar-refractivity contribution in [3.05, 3.63) is 45.3 Å². The van der Waals surface area contributed by atoms with Crippen LogP contribution in [0.5, 0.6) is 0 Å². The number of halogens is 1. The minimum Gasteiger partial charge on any atom is -0.353 e. The van der Waals surface area contributed by atoms with E-state index >= 15 is 0 Å². The van der Waals surface area contributed by atoms with Crippen molar-refractivity contribution in [2.45, 2.75) is 13.8 Å². The van der Waals surface area contributed by atoms with Gasteiger partial charge in [-0.05, 0) is 37.1 Å². The molecule has 0 atom stereocenters. The second-order valence-electron chi connectivity index (χ2n) is 4.58. The van der Waals surface area contributed by atoms with E-state index in [1.54, 1.807) is 0 Å². The first-order valence-electron chi connectivity index (χ1n) is 5.94. The lowest BCUT2D eigenvalue weighted by Gasteiger charge is -1.99. The van der Waals surface area contributed by atoms with Crippen LogP contribution in [0.2, 0.25) is 4.34 Å². The van der Waals surface area contributed by atoms with Crippen LogP contribution in [-0.2, 0) is 0 Å². The van der Waals surface area contributed by atoms with Crippen molar-refractivity contribution >= 4 is 40.1 Å². The highest BCUT2D eigenvalue weighted by Gasteiger charge is 2.16. The predicted molar refractivity (Wildman–Crippen MR) is 81.5 cm³/mol. The van der Waals surface area contributed by atoms with Crippen LogP contribution in [0.1, 0.15) is 21.5 Å². The lowest BCUT2D eigenvalue weighted by Crippen LogP contribution is -1.84. The zero-order valence-corrected chi connectivity index (χ0v) is 12.2. The Bertz CT molecular complexity index is 785. The fourth-order valence-electron chi connectivity index (χ4n) is 2.40. The Balaban J connectivity index is 2.40. The molecule has 0 unspecified atom stereocenters. The fourth-order valence-corrected chi connectivity index (χ4v) is 3.45. The quantitative estimate of drug-likeness (QED) is 0.663. The molecule has 1 N–H and O–H groups in total. The average molecular weight is 290 g/mol. The molecule has 0 saturated carbocycles. The van der Waals surface area contributed by atoms with Gasteiger partial charge in [-0.25, -0.2) is 0 Å². The fraction of sp³-hybridized carbons (Fsp3) is 0.133. The van der Waals surface area contributed by atoms with Crippen molar-refractivity contribution in [3.8, 4) is 10.6 Å². The second-order valence-corrected chi connectivity index (χ2v) is 6.30. The van der Waals surface area contributed by atoms with Crippen molar-refractivity contribution in [2.24, 2.45) is 0 Å². The molecule has 0 aliphatic carbocycles. The maximum Gasteiger partial charge on any atom is 0.152 e. The number of aromatic nitrogens is 1. The summed E-state index contributed by atoms with van der Waals surface area (Å²) in [5.74, 6) is 0. The van der Waals surface area contributed by atoms with Gasteiger partial charge in [0.25, 0.3) is 0 Å². The van der Waals surface area contributed by atoms with Gasteiger partial charge in [-0.2, -0.15) is 0 Å². The van der Waals surface area contributed by atoms with E-state index in [4.69, 9.17) is 11.6 Å². The van der Waals surface area contributed by atoms with Crippen LogP contribution in [0.3, 0.4) is 0 Å². The zero-order chi connectivity index (χ0) is 13.6. The largest absolute Gasteiger partial charge is 0.353 e. The third-order valence-corrected chi connectivity index (χ3v) is 4.60. The Kier molecular flexibility index (Phi) is 2.96. The van der Waals surface area contributed by atoms with E-state index in [0.717, 1.165) is 48.8 Å². The van der Waals surface area contributed by atoms with Crippen molar-refractivity contribution < 1.29 is 4.79 Å². The molecule has 0 saturated heterocycles. The molecule has 19 heavy (non-hydrogen) atoms. The number of aryl methyl sites for hydroxylation is 2. The van der Waals surface area contributed by atoms with Crippen LogP contribution >= 0.6 is 22.9 Å². The van der Waals surface area contributed by atoms with E-state index in [0.29, 0.717) is 0 Å². The molecule has 1 aromatic carbocycles. The molecule has 0 aliphatic rings. The Morgan fingerprint density at radius 3 is 2.53 bits per heavy atom. The molecule has 3 rings (SSSR count). The van der Waals surface area contributed by atoms with Gasteiger partial charge in [-0.3, -0.25) is 4.79 Å². The summed E-state index contributed by atoms with van der Waals surface area (Å²) in [5, 5.41) is 1.01. The summed E-state index contributed by atoms with van der Waals surface area (Å²) in [6.07, 6.45) is 0.925. The number of thiophene rings is 1. The van der Waals surface area contributed by atoms with Crippen LogP contribution in [0.25, 0.3) is 21.5 Å². The predicted octanol–water partition coefficient (Wildman–Crippen LogP) is 4.98. The molecule has 0 spiro atoms. The molecule has 0 bridgehead atoms. The Morgan fingerprint density at radius 1 is 1.16 bits per heavy atom. The SMILES string of the molecule is Cc1ccc(C)c2c(C=O)c(-c3ccc(Cl)s3)[nH]c12. The Labute approximate surface area is 120 Å². The first kappa shape index (κ1) is 12.5. The number of benzene rings is 1. The van der Waals surface area contributed by atoms with Gasteiger partial charge in [0.1, 0.15) is 0 Å². The van der Waals surface area contributed by atoms with E-state index in [9.17, 15) is 4.79 Å². The van der Waals surface area contributed by atoms with Crippen LogP contribution < -0.4 is 0 Å². The van der Waals surface area contributed by atoms with Crippen LogP contribution in [0.4, 0.5) is 0 Å². The van der Waals surface area contributed by atoms with Crippen LogP contribution in [0.15, 0.2) is 24.3 Å². The first-order chi connectivity index (χ1) is 9.11. The topological polar surface area (TPSA) is 32.9 Å². The summed E-state index contributed by atoms with van der Waals surface area (Å²) in [5.41, 5.74) is 4.85. The van der Waals surface area contributed by atoms with Gasteiger partial charge in [-0.15, -0.1) is 11.3 Å². The number of aldehydes is 1. The van der Waals surface area contributed by atoms with Gasteiger partial charge in [-0.1, -0.05) is 23.7 Å². The minimum absolute atomic E-state index is 0.717. The first-order valence-corrected chi connectivity index (χ1v) is 7.14. The number of nitrogens with one attached hydrogen (secondary N) is 1. The maximum atomic E-state index is 11.5. The summed E-state index contributed by atoms with van der Waals surface area (Å²) >= 11 is 7.46. The van der Waals surface area contributed by atoms with Gasteiger partial charge in [0.2, 0.25) is 0 Å². The maximum absolute atomic E-state index is 11.5. The molecular formula is C15H12ClNOS. The van der Waals surface area contributed by atoms with E-state index in [2.05, 4.69) is 11.1 Å². The number of H-pyrrole nitrogens is 1. The summed E-state index contributed by atoms with van der Waals surface area (Å²) < 4.78 is 0.721. The molecule has 2 heterocycles. The number of aromatic amines is 1. The molecule has 2 aromatic heterocycles. The highest BCUT2D eigenvalue weighted by atomic mass is 35.5. The summed E-state index contributed by atoms with van der Waals surface area (Å²) in [4.78, 5) is 15.9. The second kappa shape index (κ2) is 4.51. The summed E-state index contributed by atoms with van der Waals surface area (Å²) in [6, 6.07) is 7.90. The van der Waals surface area contributed by atoms with Crippen molar-refractivity contribution in [1.82, 2.24) is 4.98 Å². The lowest BCUT2D eigenvalue weighted by atomic mass is 10.0. The number of hydrogen-bond donors (Lipinski definition) is 1. The molecule has 0 amide bonds. The van der Waals surface area contributed by atoms with Crippen molar-refractivity contribution in [3.63, 3.8) is 0 Å². The lowest BCUT2D eigenvalue weighted by molar-refractivity contribution is 0.112. The molecule has 3 aromatic rings. The number of carbonyl (C=O) groups is 1. The van der Waals surface area contributed by atoms with Crippen LogP contribution in [0, 0.1) is 13.8 Å². The van der Waals surface area contributed by atoms with Crippen molar-refractivity contribution in [2.75, 3.05) is 0 Å². The monoisotopic (exact) mass is 289 g/mol. The molecule has 0 aliphatic heterocycles. The van der Waals surface area contributed by atoms with Gasteiger partial charge in [0.05, 0.1) is 14.9 Å². The van der Waals surface area contributed by atoms with E-state index in [1.807, 2.05) is 32.0 Å². The highest BCUT2D eigenvalue weighted by Crippen LogP contribution is 2.37. The molecule has 2 nitrogen and oxygen atoms in total. The minimum atomic E-state index is 0.717. The zero-order valence-electron chi connectivity index (χ0n) is 10.6. The Morgan fingerprint density at radius 2 is 1.89 bits per heavy atom. The Hall–Kier alpha value is -1.58. The van der Waals surface area contributed by atoms with Gasteiger partial charge < -0.3 is 4.98 Å². The molecule has 4 heteroatoms. The standard InChI is InChI=1S/C15H12ClNOS/c1-8-3-4-9(2)14-13(8)10(7-18)15(17-14)11-5-6-12(16)19-11/h3-7,17H,1-2H3. The highest BCUT2D eigenvalue weighted by molar-refractivity contribution is 7.19. The van der Waals surface area contributed by atoms with E-state index in [-0.39, 0.29) is 0 Å². The van der Waals surface area contributed by atoms with Crippen LogP contribution in [-0.4, -0.2) is 11.3 Å². The smallest absolute Gasteiger partial charge is 0.152 e.